The van der Waals surface area contributed by atoms with Crippen molar-refractivity contribution in [2.45, 2.75) is 38.8 Å². The van der Waals surface area contributed by atoms with Gasteiger partial charge in [-0.05, 0) is 26.7 Å². The molecule has 0 aromatic heterocycles. The van der Waals surface area contributed by atoms with E-state index in [1.165, 1.54) is 0 Å². The van der Waals surface area contributed by atoms with Crippen LogP contribution in [0, 0.1) is 5.92 Å². The number of carbonyl (C=O) groups is 2. The third kappa shape index (κ3) is 3.70. The highest BCUT2D eigenvalue weighted by Crippen LogP contribution is 2.18. The van der Waals surface area contributed by atoms with Gasteiger partial charge in [0.15, 0.2) is 0 Å². The van der Waals surface area contributed by atoms with E-state index in [9.17, 15) is 9.59 Å². The van der Waals surface area contributed by atoms with Gasteiger partial charge in [0.05, 0.1) is 19.3 Å². The summed E-state index contributed by atoms with van der Waals surface area (Å²) < 4.78 is 5.57. The van der Waals surface area contributed by atoms with E-state index in [-0.39, 0.29) is 29.9 Å². The van der Waals surface area contributed by atoms with Gasteiger partial charge < -0.3 is 15.4 Å². The van der Waals surface area contributed by atoms with Crippen LogP contribution in [0.2, 0.25) is 0 Å². The molecule has 6 heteroatoms. The molecule has 0 radical (unpaired) electrons. The quantitative estimate of drug-likeness (QED) is 0.779. The molecule has 0 aromatic rings. The summed E-state index contributed by atoms with van der Waals surface area (Å²) in [5.41, 5.74) is 5.31. The number of piperidine rings is 1. The molecule has 2 N–H and O–H groups in total. The van der Waals surface area contributed by atoms with E-state index in [0.717, 1.165) is 6.54 Å². The molecule has 0 bridgehead atoms. The third-order valence-corrected chi connectivity index (χ3v) is 4.33. The molecule has 0 spiro atoms. The van der Waals surface area contributed by atoms with E-state index in [1.54, 1.807) is 0 Å². The number of carbonyl (C=O) groups excluding carboxylic acids is 2. The van der Waals surface area contributed by atoms with Crippen LogP contribution in [0.15, 0.2) is 0 Å². The van der Waals surface area contributed by atoms with Crippen molar-refractivity contribution < 1.29 is 14.3 Å². The monoisotopic (exact) mass is 283 g/mol. The van der Waals surface area contributed by atoms with Crippen LogP contribution in [0.5, 0.6) is 0 Å². The SMILES string of the molecule is CC1CN(CC(=O)N2CCC(C(N)=O)CC2)C(C)CO1. The zero-order chi connectivity index (χ0) is 14.7. The van der Waals surface area contributed by atoms with Crippen LogP contribution in [-0.4, -0.2) is 66.5 Å². The van der Waals surface area contributed by atoms with Gasteiger partial charge >= 0.3 is 0 Å². The Kier molecular flexibility index (Phi) is 4.99. The Bertz CT molecular complexity index is 367. The van der Waals surface area contributed by atoms with Crippen LogP contribution in [0.3, 0.4) is 0 Å². The molecule has 2 saturated heterocycles. The predicted molar refractivity (Wildman–Crippen MR) is 74.9 cm³/mol. The van der Waals surface area contributed by atoms with Crippen LogP contribution in [0.25, 0.3) is 0 Å². The van der Waals surface area contributed by atoms with Gasteiger partial charge in [0.1, 0.15) is 0 Å². The number of rotatable bonds is 3. The van der Waals surface area contributed by atoms with Crippen molar-refractivity contribution in [3.8, 4) is 0 Å². The Labute approximate surface area is 120 Å². The first kappa shape index (κ1) is 15.3. The summed E-state index contributed by atoms with van der Waals surface area (Å²) in [7, 11) is 0. The molecule has 2 unspecified atom stereocenters. The Morgan fingerprint density at radius 3 is 2.50 bits per heavy atom. The molecule has 0 saturated carbocycles. The van der Waals surface area contributed by atoms with Crippen molar-refractivity contribution >= 4 is 11.8 Å². The molecule has 2 rings (SSSR count). The van der Waals surface area contributed by atoms with Crippen molar-refractivity contribution in [3.63, 3.8) is 0 Å². The smallest absolute Gasteiger partial charge is 0.236 e. The predicted octanol–water partition coefficient (Wildman–Crippen LogP) is -0.180. The lowest BCUT2D eigenvalue weighted by molar-refractivity contribution is -0.138. The van der Waals surface area contributed by atoms with Crippen molar-refractivity contribution in [1.82, 2.24) is 9.80 Å². The number of likely N-dealkylation sites (tertiary alicyclic amines) is 1. The first-order valence-corrected chi connectivity index (χ1v) is 7.40. The van der Waals surface area contributed by atoms with E-state index >= 15 is 0 Å². The van der Waals surface area contributed by atoms with Gasteiger partial charge in [0.2, 0.25) is 11.8 Å². The lowest BCUT2D eigenvalue weighted by atomic mass is 9.96. The number of amides is 2. The van der Waals surface area contributed by atoms with Gasteiger partial charge in [0.25, 0.3) is 0 Å². The average molecular weight is 283 g/mol. The Morgan fingerprint density at radius 2 is 1.90 bits per heavy atom. The number of hydrogen-bond donors (Lipinski definition) is 1. The zero-order valence-corrected chi connectivity index (χ0v) is 12.4. The van der Waals surface area contributed by atoms with Crippen molar-refractivity contribution in [2.24, 2.45) is 11.7 Å². The van der Waals surface area contributed by atoms with Crippen LogP contribution < -0.4 is 5.73 Å². The average Bonchev–Trinajstić information content (AvgIpc) is 2.43. The van der Waals surface area contributed by atoms with E-state index < -0.39 is 0 Å². The fourth-order valence-corrected chi connectivity index (χ4v) is 2.88. The summed E-state index contributed by atoms with van der Waals surface area (Å²) >= 11 is 0. The fraction of sp³-hybridized carbons (Fsp3) is 0.857. The Morgan fingerprint density at radius 1 is 1.25 bits per heavy atom. The molecule has 2 aliphatic heterocycles. The number of nitrogens with zero attached hydrogens (tertiary/aromatic N) is 2. The maximum atomic E-state index is 12.3. The summed E-state index contributed by atoms with van der Waals surface area (Å²) in [5.74, 6) is -0.164. The summed E-state index contributed by atoms with van der Waals surface area (Å²) in [6, 6.07) is 0.276. The second kappa shape index (κ2) is 6.54. The summed E-state index contributed by atoms with van der Waals surface area (Å²) in [6.45, 7) is 7.31. The summed E-state index contributed by atoms with van der Waals surface area (Å²) in [4.78, 5) is 27.5. The standard InChI is InChI=1S/C14H25N3O3/c1-10-9-20-11(2)7-17(10)8-13(18)16-5-3-12(4-6-16)14(15)19/h10-12H,3-9H2,1-2H3,(H2,15,19). The molecule has 2 heterocycles. The lowest BCUT2D eigenvalue weighted by Gasteiger charge is -2.38. The lowest BCUT2D eigenvalue weighted by Crippen LogP contribution is -2.52. The molecule has 20 heavy (non-hydrogen) atoms. The van der Waals surface area contributed by atoms with Crippen LogP contribution >= 0.6 is 0 Å². The van der Waals surface area contributed by atoms with Crippen molar-refractivity contribution in [1.29, 1.82) is 0 Å². The van der Waals surface area contributed by atoms with Gasteiger partial charge in [-0.3, -0.25) is 14.5 Å². The van der Waals surface area contributed by atoms with Gasteiger partial charge in [-0.25, -0.2) is 0 Å². The largest absolute Gasteiger partial charge is 0.376 e. The topological polar surface area (TPSA) is 75.9 Å². The molecule has 0 aromatic carbocycles. The van der Waals surface area contributed by atoms with Crippen LogP contribution in [-0.2, 0) is 14.3 Å². The summed E-state index contributed by atoms with van der Waals surface area (Å²) in [5, 5.41) is 0. The van der Waals surface area contributed by atoms with Gasteiger partial charge in [-0.15, -0.1) is 0 Å². The maximum absolute atomic E-state index is 12.3. The number of morpholine rings is 1. The van der Waals surface area contributed by atoms with Gasteiger partial charge in [-0.2, -0.15) is 0 Å². The van der Waals surface area contributed by atoms with Crippen molar-refractivity contribution in [3.05, 3.63) is 0 Å². The normalized spacial score (nSPS) is 29.4. The first-order chi connectivity index (χ1) is 9.47. The molecule has 114 valence electrons. The number of primary amides is 1. The molecule has 0 aliphatic carbocycles. The third-order valence-electron chi connectivity index (χ3n) is 4.33. The second-order valence-electron chi connectivity index (χ2n) is 5.98. The maximum Gasteiger partial charge on any atom is 0.236 e. The van der Waals surface area contributed by atoms with Crippen LogP contribution in [0.1, 0.15) is 26.7 Å². The van der Waals surface area contributed by atoms with E-state index in [0.29, 0.717) is 39.1 Å². The number of ether oxygens (including phenoxy) is 1. The van der Waals surface area contributed by atoms with E-state index in [4.69, 9.17) is 10.5 Å². The highest BCUT2D eigenvalue weighted by atomic mass is 16.5. The Hall–Kier alpha value is -1.14. The van der Waals surface area contributed by atoms with Crippen molar-refractivity contribution in [2.75, 3.05) is 32.8 Å². The van der Waals surface area contributed by atoms with Crippen LogP contribution in [0.4, 0.5) is 0 Å². The van der Waals surface area contributed by atoms with Gasteiger partial charge in [-0.1, -0.05) is 0 Å². The minimum Gasteiger partial charge on any atom is -0.376 e. The number of hydrogen-bond acceptors (Lipinski definition) is 4. The second-order valence-corrected chi connectivity index (χ2v) is 5.98. The van der Waals surface area contributed by atoms with E-state index in [1.807, 2.05) is 11.8 Å². The Balaban J connectivity index is 1.82. The molecular weight excluding hydrogens is 258 g/mol. The first-order valence-electron chi connectivity index (χ1n) is 7.40. The molecule has 2 atom stereocenters. The van der Waals surface area contributed by atoms with E-state index in [2.05, 4.69) is 11.8 Å². The minimum absolute atomic E-state index is 0.0682. The highest BCUT2D eigenvalue weighted by Gasteiger charge is 2.29. The minimum atomic E-state index is -0.243. The summed E-state index contributed by atoms with van der Waals surface area (Å²) in [6.07, 6.45) is 1.56. The number of nitrogens with two attached hydrogens (primary N) is 1. The molecule has 6 nitrogen and oxygen atoms in total. The molecule has 2 fully saturated rings. The molecule has 2 aliphatic rings. The zero-order valence-electron chi connectivity index (χ0n) is 12.4. The molecule has 2 amide bonds. The highest BCUT2D eigenvalue weighted by molar-refractivity contribution is 5.80. The fourth-order valence-electron chi connectivity index (χ4n) is 2.88. The molecular formula is C14H25N3O3. The van der Waals surface area contributed by atoms with Gasteiger partial charge in [0, 0.05) is 31.6 Å².